The van der Waals surface area contributed by atoms with E-state index in [2.05, 4.69) is 4.90 Å². The predicted octanol–water partition coefficient (Wildman–Crippen LogP) is 4.34. The molecule has 0 radical (unpaired) electrons. The van der Waals surface area contributed by atoms with Crippen LogP contribution in [0.2, 0.25) is 0 Å². The zero-order chi connectivity index (χ0) is 20.1. The molecule has 5 heteroatoms. The Labute approximate surface area is 171 Å². The fourth-order valence-corrected chi connectivity index (χ4v) is 4.00. The molecule has 4 rings (SSSR count). The third kappa shape index (κ3) is 4.51. The van der Waals surface area contributed by atoms with Crippen molar-refractivity contribution in [1.82, 2.24) is 4.90 Å². The predicted molar refractivity (Wildman–Crippen MR) is 113 cm³/mol. The van der Waals surface area contributed by atoms with Crippen molar-refractivity contribution < 1.29 is 14.3 Å². The minimum absolute atomic E-state index is 0.0890. The summed E-state index contributed by atoms with van der Waals surface area (Å²) in [4.78, 5) is 17.4. The zero-order valence-corrected chi connectivity index (χ0v) is 16.4. The number of benzene rings is 2. The maximum Gasteiger partial charge on any atom is 0.294 e. The second-order valence-corrected chi connectivity index (χ2v) is 7.44. The number of nitrogens with zero attached hydrogens (tertiary/aromatic N) is 2. The quantitative estimate of drug-likeness (QED) is 0.680. The highest BCUT2D eigenvalue weighted by Gasteiger charge is 2.30. The number of phenolic OH excluding ortho intramolecular Hbond substituents is 1. The van der Waals surface area contributed by atoms with Crippen LogP contribution in [0.4, 0.5) is 5.69 Å². The van der Waals surface area contributed by atoms with Crippen molar-refractivity contribution in [3.8, 4) is 5.75 Å². The van der Waals surface area contributed by atoms with E-state index in [4.69, 9.17) is 4.42 Å². The van der Waals surface area contributed by atoms with Gasteiger partial charge in [-0.2, -0.15) is 0 Å². The number of phenols is 1. The molecule has 29 heavy (non-hydrogen) atoms. The molecule has 0 spiro atoms. The van der Waals surface area contributed by atoms with E-state index in [0.717, 1.165) is 50.1 Å². The largest absolute Gasteiger partial charge is 0.508 e. The van der Waals surface area contributed by atoms with Crippen LogP contribution in [0.3, 0.4) is 0 Å². The van der Waals surface area contributed by atoms with Crippen LogP contribution in [-0.4, -0.2) is 41.6 Å². The number of anilines is 1. The van der Waals surface area contributed by atoms with Gasteiger partial charge in [0.25, 0.3) is 5.91 Å². The molecule has 0 bridgehead atoms. The van der Waals surface area contributed by atoms with Crippen LogP contribution >= 0.6 is 0 Å². The molecular weight excluding hydrogens is 364 g/mol. The maximum absolute atomic E-state index is 13.1. The molecule has 3 aromatic rings. The lowest BCUT2D eigenvalue weighted by Crippen LogP contribution is -2.48. The summed E-state index contributed by atoms with van der Waals surface area (Å²) in [5.41, 5.74) is 1.88. The van der Waals surface area contributed by atoms with Crippen molar-refractivity contribution >= 4 is 11.6 Å². The summed E-state index contributed by atoms with van der Waals surface area (Å²) < 4.78 is 5.38. The van der Waals surface area contributed by atoms with Crippen LogP contribution < -0.4 is 4.90 Å². The Kier molecular flexibility index (Phi) is 5.96. The standard InChI is InChI=1S/C24H26N2O3/c27-22-10-5-4-7-19(22)12-15-25-16-13-21(14-17-25)26(20-8-2-1-3-9-20)24(28)23-11-6-18-29-23/h1-11,18,21,27H,12-17H2. The molecule has 1 N–H and O–H groups in total. The molecule has 0 unspecified atom stereocenters. The van der Waals surface area contributed by atoms with Crippen molar-refractivity contribution in [2.75, 3.05) is 24.5 Å². The topological polar surface area (TPSA) is 56.9 Å². The smallest absolute Gasteiger partial charge is 0.294 e. The lowest BCUT2D eigenvalue weighted by molar-refractivity contribution is 0.0933. The number of carbonyl (C=O) groups is 1. The first-order valence-corrected chi connectivity index (χ1v) is 10.1. The zero-order valence-electron chi connectivity index (χ0n) is 16.4. The van der Waals surface area contributed by atoms with E-state index < -0.39 is 0 Å². The minimum Gasteiger partial charge on any atom is -0.508 e. The molecular formula is C24H26N2O3. The van der Waals surface area contributed by atoms with Crippen LogP contribution in [0.25, 0.3) is 0 Å². The van der Waals surface area contributed by atoms with Gasteiger partial charge < -0.3 is 19.3 Å². The number of rotatable bonds is 6. The van der Waals surface area contributed by atoms with Gasteiger partial charge in [-0.15, -0.1) is 0 Å². The van der Waals surface area contributed by atoms with Crippen LogP contribution in [0.15, 0.2) is 77.4 Å². The Morgan fingerprint density at radius 2 is 1.72 bits per heavy atom. The summed E-state index contributed by atoms with van der Waals surface area (Å²) in [7, 11) is 0. The molecule has 1 aliphatic rings. The molecule has 1 aromatic heterocycles. The summed E-state index contributed by atoms with van der Waals surface area (Å²) in [6, 6.07) is 20.9. The number of likely N-dealkylation sites (tertiary alicyclic amines) is 1. The lowest BCUT2D eigenvalue weighted by atomic mass is 10.0. The van der Waals surface area contributed by atoms with Gasteiger partial charge in [-0.1, -0.05) is 36.4 Å². The molecule has 150 valence electrons. The van der Waals surface area contributed by atoms with Crippen LogP contribution in [0.1, 0.15) is 29.0 Å². The van der Waals surface area contributed by atoms with Gasteiger partial charge in [0, 0.05) is 31.4 Å². The van der Waals surface area contributed by atoms with E-state index in [1.54, 1.807) is 18.2 Å². The van der Waals surface area contributed by atoms with Crippen LogP contribution in [0.5, 0.6) is 5.75 Å². The van der Waals surface area contributed by atoms with Gasteiger partial charge in [-0.25, -0.2) is 0 Å². The third-order valence-corrected chi connectivity index (χ3v) is 5.60. The average molecular weight is 390 g/mol. The summed E-state index contributed by atoms with van der Waals surface area (Å²) >= 11 is 0. The SMILES string of the molecule is O=C(c1ccco1)N(c1ccccc1)C1CCN(CCc2ccccc2O)CC1. The second kappa shape index (κ2) is 8.97. The van der Waals surface area contributed by atoms with Crippen molar-refractivity contribution in [2.24, 2.45) is 0 Å². The maximum atomic E-state index is 13.1. The van der Waals surface area contributed by atoms with Gasteiger partial charge in [0.1, 0.15) is 5.75 Å². The molecule has 2 heterocycles. The van der Waals surface area contributed by atoms with E-state index in [1.165, 1.54) is 6.26 Å². The van der Waals surface area contributed by atoms with E-state index in [0.29, 0.717) is 11.5 Å². The molecule has 0 atom stereocenters. The molecule has 1 aliphatic heterocycles. The molecule has 2 aromatic carbocycles. The van der Waals surface area contributed by atoms with Crippen LogP contribution in [0, 0.1) is 0 Å². The lowest BCUT2D eigenvalue weighted by Gasteiger charge is -2.38. The summed E-state index contributed by atoms with van der Waals surface area (Å²) in [5, 5.41) is 9.96. The minimum atomic E-state index is -0.0890. The van der Waals surface area contributed by atoms with Gasteiger partial charge in [-0.3, -0.25) is 4.79 Å². The van der Waals surface area contributed by atoms with Crippen LogP contribution in [-0.2, 0) is 6.42 Å². The van der Waals surface area contributed by atoms with Gasteiger partial charge in [0.15, 0.2) is 5.76 Å². The molecule has 1 amide bonds. The first kappa shape index (κ1) is 19.3. The highest BCUT2D eigenvalue weighted by Crippen LogP contribution is 2.26. The number of amides is 1. The fourth-order valence-electron chi connectivity index (χ4n) is 4.00. The van der Waals surface area contributed by atoms with Gasteiger partial charge in [0.2, 0.25) is 0 Å². The highest BCUT2D eigenvalue weighted by atomic mass is 16.3. The average Bonchev–Trinajstić information content (AvgIpc) is 3.30. The number of hydrogen-bond acceptors (Lipinski definition) is 4. The monoisotopic (exact) mass is 390 g/mol. The number of aromatic hydroxyl groups is 1. The van der Waals surface area contributed by atoms with Gasteiger partial charge in [-0.05, 0) is 55.2 Å². The first-order valence-electron chi connectivity index (χ1n) is 10.1. The Balaban J connectivity index is 1.41. The normalized spacial score (nSPS) is 15.3. The number of piperidine rings is 1. The Hall–Kier alpha value is -3.05. The number of hydrogen-bond donors (Lipinski definition) is 1. The molecule has 1 saturated heterocycles. The van der Waals surface area contributed by atoms with Gasteiger partial charge >= 0.3 is 0 Å². The molecule has 0 aliphatic carbocycles. The molecule has 0 saturated carbocycles. The first-order chi connectivity index (χ1) is 14.2. The second-order valence-electron chi connectivity index (χ2n) is 7.44. The van der Waals surface area contributed by atoms with Crippen molar-refractivity contribution in [1.29, 1.82) is 0 Å². The van der Waals surface area contributed by atoms with Crippen molar-refractivity contribution in [3.05, 3.63) is 84.3 Å². The third-order valence-electron chi connectivity index (χ3n) is 5.60. The van der Waals surface area contributed by atoms with Crippen molar-refractivity contribution in [2.45, 2.75) is 25.3 Å². The number of carbonyl (C=O) groups excluding carboxylic acids is 1. The summed E-state index contributed by atoms with van der Waals surface area (Å²) in [6.07, 6.45) is 4.17. The number of furan rings is 1. The Bertz CT molecular complexity index is 916. The highest BCUT2D eigenvalue weighted by molar-refractivity contribution is 6.04. The molecule has 1 fully saturated rings. The Morgan fingerprint density at radius 3 is 2.41 bits per heavy atom. The van der Waals surface area contributed by atoms with E-state index >= 15 is 0 Å². The Morgan fingerprint density at radius 1 is 1.00 bits per heavy atom. The van der Waals surface area contributed by atoms with E-state index in [9.17, 15) is 9.90 Å². The van der Waals surface area contributed by atoms with E-state index in [-0.39, 0.29) is 11.9 Å². The van der Waals surface area contributed by atoms with Crippen molar-refractivity contribution in [3.63, 3.8) is 0 Å². The summed E-state index contributed by atoms with van der Waals surface area (Å²) in [5.74, 6) is 0.645. The van der Waals surface area contributed by atoms with E-state index in [1.807, 2.05) is 53.4 Å². The number of para-hydroxylation sites is 2. The van der Waals surface area contributed by atoms with Gasteiger partial charge in [0.05, 0.1) is 6.26 Å². The fraction of sp³-hybridized carbons (Fsp3) is 0.292. The summed E-state index contributed by atoms with van der Waals surface area (Å²) in [6.45, 7) is 2.75. The molecule has 5 nitrogen and oxygen atoms in total.